The molecule has 32 heavy (non-hydrogen) atoms. The molecule has 4 N–H and O–H groups in total. The smallest absolute Gasteiger partial charge is 0.319 e. The van der Waals surface area contributed by atoms with Crippen LogP contribution in [0.4, 0.5) is 10.5 Å². The van der Waals surface area contributed by atoms with Crippen molar-refractivity contribution in [3.05, 3.63) is 29.3 Å². The van der Waals surface area contributed by atoms with Crippen LogP contribution in [0.2, 0.25) is 5.02 Å². The van der Waals surface area contributed by atoms with Gasteiger partial charge in [0.15, 0.2) is 0 Å². The van der Waals surface area contributed by atoms with E-state index >= 15 is 0 Å². The van der Waals surface area contributed by atoms with Crippen molar-refractivity contribution in [3.63, 3.8) is 0 Å². The van der Waals surface area contributed by atoms with E-state index in [0.29, 0.717) is 69.0 Å². The van der Waals surface area contributed by atoms with Gasteiger partial charge in [-0.3, -0.25) is 14.5 Å². The maximum absolute atomic E-state index is 12.6. The second kappa shape index (κ2) is 10.1. The molecule has 10 heteroatoms. The summed E-state index contributed by atoms with van der Waals surface area (Å²) in [4.78, 5) is 41.3. The Kier molecular flexibility index (Phi) is 7.17. The number of aliphatic hydroxyl groups excluding tert-OH is 1. The van der Waals surface area contributed by atoms with E-state index in [1.807, 2.05) is 4.90 Å². The van der Waals surface area contributed by atoms with Gasteiger partial charge in [0.2, 0.25) is 11.8 Å². The molecule has 0 saturated carbocycles. The average molecular weight is 464 g/mol. The molecule has 4 amide bonds. The number of piperazine rings is 1. The van der Waals surface area contributed by atoms with Crippen molar-refractivity contribution in [1.29, 1.82) is 0 Å². The summed E-state index contributed by atoms with van der Waals surface area (Å²) in [6, 6.07) is 6.18. The van der Waals surface area contributed by atoms with E-state index in [2.05, 4.69) is 20.9 Å². The number of likely N-dealkylation sites (tertiary alicyclic amines) is 1. The van der Waals surface area contributed by atoms with Crippen LogP contribution in [-0.2, 0) is 9.59 Å². The van der Waals surface area contributed by atoms with Crippen molar-refractivity contribution in [2.24, 2.45) is 0 Å². The van der Waals surface area contributed by atoms with Crippen LogP contribution in [0.1, 0.15) is 32.1 Å². The lowest BCUT2D eigenvalue weighted by molar-refractivity contribution is -0.134. The number of urea groups is 1. The normalized spacial score (nSPS) is 26.4. The highest BCUT2D eigenvalue weighted by Crippen LogP contribution is 2.26. The van der Waals surface area contributed by atoms with Crippen molar-refractivity contribution in [1.82, 2.24) is 20.4 Å². The van der Waals surface area contributed by atoms with Crippen molar-refractivity contribution in [3.8, 4) is 0 Å². The zero-order valence-corrected chi connectivity index (χ0v) is 18.7. The minimum Gasteiger partial charge on any atom is -0.393 e. The summed E-state index contributed by atoms with van der Waals surface area (Å²) in [5.74, 6) is 0.0669. The molecule has 1 aromatic carbocycles. The fourth-order valence-corrected chi connectivity index (χ4v) is 5.02. The first-order valence-corrected chi connectivity index (χ1v) is 11.6. The topological polar surface area (TPSA) is 114 Å². The summed E-state index contributed by atoms with van der Waals surface area (Å²) in [5.41, 5.74) is 0.602. The molecule has 0 unspecified atom stereocenters. The molecule has 3 aliphatic heterocycles. The summed E-state index contributed by atoms with van der Waals surface area (Å²) >= 11 is 5.96. The van der Waals surface area contributed by atoms with E-state index in [4.69, 9.17) is 11.6 Å². The number of piperidine rings is 1. The number of nitrogens with one attached hydrogen (secondary N) is 3. The largest absolute Gasteiger partial charge is 0.393 e. The maximum atomic E-state index is 12.6. The maximum Gasteiger partial charge on any atom is 0.319 e. The van der Waals surface area contributed by atoms with Gasteiger partial charge in [0.1, 0.15) is 0 Å². The molecular weight excluding hydrogens is 434 g/mol. The first kappa shape index (κ1) is 22.8. The van der Waals surface area contributed by atoms with Crippen molar-refractivity contribution in [2.75, 3.05) is 31.5 Å². The van der Waals surface area contributed by atoms with E-state index < -0.39 is 0 Å². The molecule has 1 aromatic rings. The minimum absolute atomic E-state index is 0.0304. The molecule has 0 bridgehead atoms. The van der Waals surface area contributed by atoms with Crippen molar-refractivity contribution < 1.29 is 19.5 Å². The number of benzene rings is 1. The third-order valence-electron chi connectivity index (χ3n) is 6.55. The Morgan fingerprint density at radius 3 is 2.78 bits per heavy atom. The Morgan fingerprint density at radius 2 is 2.03 bits per heavy atom. The van der Waals surface area contributed by atoms with E-state index in [1.165, 1.54) is 0 Å². The molecule has 3 fully saturated rings. The summed E-state index contributed by atoms with van der Waals surface area (Å²) in [6.45, 7) is 2.27. The first-order chi connectivity index (χ1) is 15.4. The number of hydrogen-bond acceptors (Lipinski definition) is 5. The number of aliphatic hydroxyl groups is 1. The van der Waals surface area contributed by atoms with E-state index in [0.717, 1.165) is 0 Å². The van der Waals surface area contributed by atoms with E-state index in [1.54, 1.807) is 24.3 Å². The van der Waals surface area contributed by atoms with Gasteiger partial charge in [-0.05, 0) is 43.9 Å². The quantitative estimate of drug-likeness (QED) is 0.523. The Hall–Kier alpha value is -2.36. The lowest BCUT2D eigenvalue weighted by Crippen LogP contribution is -2.58. The first-order valence-electron chi connectivity index (χ1n) is 11.2. The fraction of sp³-hybridized carbons (Fsp3) is 0.591. The molecule has 3 saturated heterocycles. The average Bonchev–Trinajstić information content (AvgIpc) is 3.18. The zero-order valence-electron chi connectivity index (χ0n) is 17.9. The molecule has 9 nitrogen and oxygen atoms in total. The second-order valence-electron chi connectivity index (χ2n) is 8.80. The van der Waals surface area contributed by atoms with Gasteiger partial charge < -0.3 is 26.0 Å². The molecule has 0 aromatic heterocycles. The van der Waals surface area contributed by atoms with Crippen LogP contribution in [0.5, 0.6) is 0 Å². The van der Waals surface area contributed by atoms with Crippen molar-refractivity contribution >= 4 is 35.1 Å². The number of nitrogens with zero attached hydrogens (tertiary/aromatic N) is 2. The van der Waals surface area contributed by atoms with Gasteiger partial charge in [0, 0.05) is 55.4 Å². The van der Waals surface area contributed by atoms with Gasteiger partial charge in [0.05, 0.1) is 12.1 Å². The standard InChI is InChI=1S/C22H30ClN5O4/c23-14-2-1-3-15(10-14)25-22(32)26-16-11-19-21(31)24-12-17(28(19)13-16)4-5-20(30)27-8-6-18(29)7-9-27/h1-3,10,16-19,29H,4-9,11-13H2,(H,24,31)(H2,25,26,32)/t16-,17+,19-/m0/s1. The molecule has 0 aliphatic carbocycles. The van der Waals surface area contributed by atoms with E-state index in [9.17, 15) is 19.5 Å². The predicted octanol–water partition coefficient (Wildman–Crippen LogP) is 1.17. The SMILES string of the molecule is O=C(Nc1cccc(Cl)c1)N[C@H]1C[C@H]2C(=O)NC[C@@H](CCC(=O)N3CCC(O)CC3)N2C1. The van der Waals surface area contributed by atoms with Gasteiger partial charge in [-0.2, -0.15) is 0 Å². The molecule has 174 valence electrons. The molecule has 0 radical (unpaired) electrons. The van der Waals surface area contributed by atoms with Crippen LogP contribution < -0.4 is 16.0 Å². The lowest BCUT2D eigenvalue weighted by atomic mass is 10.0. The number of rotatable bonds is 5. The van der Waals surface area contributed by atoms with Gasteiger partial charge in [-0.1, -0.05) is 17.7 Å². The van der Waals surface area contributed by atoms with E-state index in [-0.39, 0.29) is 42.1 Å². The van der Waals surface area contributed by atoms with Crippen LogP contribution >= 0.6 is 11.6 Å². The molecule has 3 atom stereocenters. The second-order valence-corrected chi connectivity index (χ2v) is 9.24. The summed E-state index contributed by atoms with van der Waals surface area (Å²) in [7, 11) is 0. The molecular formula is C22H30ClN5O4. The Morgan fingerprint density at radius 1 is 1.25 bits per heavy atom. The Bertz CT molecular complexity index is 860. The number of carbonyl (C=O) groups is 3. The summed E-state index contributed by atoms with van der Waals surface area (Å²) in [6.07, 6.45) is 2.54. The third-order valence-corrected chi connectivity index (χ3v) is 6.78. The van der Waals surface area contributed by atoms with Crippen LogP contribution in [0.15, 0.2) is 24.3 Å². The van der Waals surface area contributed by atoms with Crippen LogP contribution in [-0.4, -0.2) is 83.2 Å². The molecule has 3 heterocycles. The molecule has 4 rings (SSSR count). The number of halogens is 1. The number of amides is 4. The Balaban J connectivity index is 1.29. The minimum atomic E-state index is -0.337. The van der Waals surface area contributed by atoms with Crippen LogP contribution in [0.3, 0.4) is 0 Å². The highest BCUT2D eigenvalue weighted by molar-refractivity contribution is 6.30. The highest BCUT2D eigenvalue weighted by atomic mass is 35.5. The lowest BCUT2D eigenvalue weighted by Gasteiger charge is -2.37. The number of anilines is 1. The predicted molar refractivity (Wildman–Crippen MR) is 120 cm³/mol. The summed E-state index contributed by atoms with van der Waals surface area (Å²) in [5, 5.41) is 18.8. The van der Waals surface area contributed by atoms with Gasteiger partial charge in [-0.25, -0.2) is 4.79 Å². The molecule has 3 aliphatic rings. The Labute approximate surface area is 192 Å². The monoisotopic (exact) mass is 463 g/mol. The molecule has 0 spiro atoms. The zero-order chi connectivity index (χ0) is 22.7. The summed E-state index contributed by atoms with van der Waals surface area (Å²) < 4.78 is 0. The number of carbonyl (C=O) groups excluding carboxylic acids is 3. The van der Waals surface area contributed by atoms with Crippen LogP contribution in [0.25, 0.3) is 0 Å². The highest BCUT2D eigenvalue weighted by Gasteiger charge is 2.43. The van der Waals surface area contributed by atoms with Gasteiger partial charge >= 0.3 is 6.03 Å². The van der Waals surface area contributed by atoms with Gasteiger partial charge in [0.25, 0.3) is 0 Å². The number of fused-ring (bicyclic) bond motifs is 1. The fourth-order valence-electron chi connectivity index (χ4n) is 4.83. The number of hydrogen-bond donors (Lipinski definition) is 4. The van der Waals surface area contributed by atoms with Crippen molar-refractivity contribution in [2.45, 2.75) is 56.3 Å². The van der Waals surface area contributed by atoms with Gasteiger partial charge in [-0.15, -0.1) is 0 Å². The van der Waals surface area contributed by atoms with Crippen LogP contribution in [0, 0.1) is 0 Å². The third kappa shape index (κ3) is 5.51.